The Hall–Kier alpha value is -0.130. The van der Waals surface area contributed by atoms with E-state index in [4.69, 9.17) is 0 Å². The molecule has 0 aromatic heterocycles. The van der Waals surface area contributed by atoms with Gasteiger partial charge in [0.2, 0.25) is 0 Å². The second kappa shape index (κ2) is 2.25. The third-order valence-electron chi connectivity index (χ3n) is 0.235. The minimum Gasteiger partial charge on any atom is -0.198 e. The highest BCUT2D eigenvalue weighted by Gasteiger charge is 1.95. The van der Waals surface area contributed by atoms with Crippen molar-refractivity contribution in [3.05, 3.63) is 0 Å². The Morgan fingerprint density at radius 2 is 2.00 bits per heavy atom. The summed E-state index contributed by atoms with van der Waals surface area (Å²) in [6, 6.07) is 0. The highest BCUT2D eigenvalue weighted by Crippen LogP contribution is 1.75. The molecule has 0 radical (unpaired) electrons. The summed E-state index contributed by atoms with van der Waals surface area (Å²) < 4.78 is 23.8. The summed E-state index contributed by atoms with van der Waals surface area (Å²) >= 11 is 0. The van der Waals surface area contributed by atoms with Crippen LogP contribution in [0, 0.1) is 0 Å². The van der Waals surface area contributed by atoms with Crippen molar-refractivity contribution in [2.75, 3.05) is 13.3 Å². The lowest BCUT2D eigenvalue weighted by Crippen LogP contribution is -2.13. The molecule has 0 spiro atoms. The van der Waals surface area contributed by atoms with Crippen LogP contribution in [0.3, 0.4) is 0 Å². The van der Waals surface area contributed by atoms with Crippen LogP contribution in [0.2, 0.25) is 0 Å². The molecule has 1 N–H and O–H groups in total. The molecule has 0 rings (SSSR count). The fourth-order valence-electron chi connectivity index (χ4n) is 0.151. The zero-order chi connectivity index (χ0) is 5.91. The van der Waals surface area contributed by atoms with E-state index in [1.54, 1.807) is 0 Å². The Bertz CT molecular complexity index is 126. The molecule has 0 amide bonds. The van der Waals surface area contributed by atoms with Gasteiger partial charge in [-0.15, -0.1) is 0 Å². The first-order chi connectivity index (χ1) is 3.06. The van der Waals surface area contributed by atoms with E-state index in [-0.39, 0.29) is 0 Å². The predicted molar refractivity (Wildman–Crippen MR) is 25.0 cm³/mol. The van der Waals surface area contributed by atoms with Gasteiger partial charge in [0.25, 0.3) is 10.1 Å². The van der Waals surface area contributed by atoms with Gasteiger partial charge in [0, 0.05) is 7.05 Å². The molecule has 0 heterocycles. The van der Waals surface area contributed by atoms with E-state index in [1.165, 1.54) is 7.05 Å². The van der Waals surface area contributed by atoms with E-state index in [2.05, 4.69) is 4.28 Å². The molecule has 7 heavy (non-hydrogen) atoms. The van der Waals surface area contributed by atoms with Gasteiger partial charge in [-0.05, 0) is 0 Å². The monoisotopic (exact) mass is 125 g/mol. The van der Waals surface area contributed by atoms with Gasteiger partial charge in [0.05, 0.1) is 6.26 Å². The second-order valence-corrected chi connectivity index (χ2v) is 2.57. The normalized spacial score (nSPS) is 11.7. The van der Waals surface area contributed by atoms with E-state index in [9.17, 15) is 8.42 Å². The van der Waals surface area contributed by atoms with Crippen molar-refractivity contribution in [2.45, 2.75) is 0 Å². The fraction of sp³-hybridized carbons (Fsp3) is 1.00. The van der Waals surface area contributed by atoms with E-state index >= 15 is 0 Å². The topological polar surface area (TPSA) is 55.4 Å². The number of hydroxylamine groups is 1. The van der Waals surface area contributed by atoms with Crippen molar-refractivity contribution < 1.29 is 12.7 Å². The average Bonchev–Trinajstić information content (AvgIpc) is 1.30. The first-order valence-electron chi connectivity index (χ1n) is 1.61. The Balaban J connectivity index is 3.60. The predicted octanol–water partition coefficient (Wildman–Crippen LogP) is -0.903. The zero-order valence-electron chi connectivity index (χ0n) is 4.13. The molecule has 0 bridgehead atoms. The van der Waals surface area contributed by atoms with Crippen LogP contribution in [-0.2, 0) is 14.4 Å². The summed E-state index contributed by atoms with van der Waals surface area (Å²) in [5, 5.41) is 0. The van der Waals surface area contributed by atoms with E-state index < -0.39 is 10.1 Å². The molecule has 0 saturated carbocycles. The van der Waals surface area contributed by atoms with Gasteiger partial charge in [-0.2, -0.15) is 18.2 Å². The Kier molecular flexibility index (Phi) is 2.21. The first-order valence-corrected chi connectivity index (χ1v) is 3.43. The van der Waals surface area contributed by atoms with Gasteiger partial charge >= 0.3 is 0 Å². The van der Waals surface area contributed by atoms with Crippen LogP contribution in [0.5, 0.6) is 0 Å². The van der Waals surface area contributed by atoms with Crippen LogP contribution < -0.4 is 5.48 Å². The highest BCUT2D eigenvalue weighted by molar-refractivity contribution is 7.85. The summed E-state index contributed by atoms with van der Waals surface area (Å²) in [5.41, 5.74) is 2.02. The lowest BCUT2D eigenvalue weighted by molar-refractivity contribution is 0.234. The fourth-order valence-corrected chi connectivity index (χ4v) is 0.454. The van der Waals surface area contributed by atoms with Crippen molar-refractivity contribution in [1.29, 1.82) is 0 Å². The van der Waals surface area contributed by atoms with Crippen LogP contribution in [0.15, 0.2) is 0 Å². The molecular weight excluding hydrogens is 118 g/mol. The molecule has 4 nitrogen and oxygen atoms in total. The SMILES string of the molecule is CNOS(C)(=O)=O. The van der Waals surface area contributed by atoms with Gasteiger partial charge in [0.1, 0.15) is 0 Å². The van der Waals surface area contributed by atoms with Gasteiger partial charge < -0.3 is 0 Å². The largest absolute Gasteiger partial charge is 0.280 e. The van der Waals surface area contributed by atoms with Crippen molar-refractivity contribution in [3.63, 3.8) is 0 Å². The molecule has 0 unspecified atom stereocenters. The quantitative estimate of drug-likeness (QED) is 0.486. The highest BCUT2D eigenvalue weighted by atomic mass is 32.2. The molecule has 0 atom stereocenters. The smallest absolute Gasteiger partial charge is 0.198 e. The molecule has 0 aliphatic rings. The van der Waals surface area contributed by atoms with Crippen LogP contribution in [-0.4, -0.2) is 21.7 Å². The van der Waals surface area contributed by atoms with Crippen molar-refractivity contribution in [1.82, 2.24) is 5.48 Å². The third kappa shape index (κ3) is 5.87. The Morgan fingerprint density at radius 1 is 1.57 bits per heavy atom. The van der Waals surface area contributed by atoms with Gasteiger partial charge in [-0.3, -0.25) is 0 Å². The lowest BCUT2D eigenvalue weighted by atomic mass is 11.6. The van der Waals surface area contributed by atoms with Crippen LogP contribution in [0.25, 0.3) is 0 Å². The molecule has 0 aromatic rings. The summed E-state index contributed by atoms with van der Waals surface area (Å²) in [6.45, 7) is 0. The number of nitrogens with one attached hydrogen (secondary N) is 1. The van der Waals surface area contributed by atoms with E-state index in [0.717, 1.165) is 6.26 Å². The average molecular weight is 125 g/mol. The molecule has 5 heteroatoms. The molecule has 0 fully saturated rings. The van der Waals surface area contributed by atoms with Gasteiger partial charge in [-0.25, -0.2) is 0 Å². The molecule has 0 aliphatic carbocycles. The molecule has 0 aliphatic heterocycles. The standard InChI is InChI=1S/C2H7NO3S/c1-3-6-7(2,4)5/h3H,1-2H3. The van der Waals surface area contributed by atoms with Crippen molar-refractivity contribution in [2.24, 2.45) is 0 Å². The number of hydrogen-bond acceptors (Lipinski definition) is 4. The molecule has 44 valence electrons. The van der Waals surface area contributed by atoms with Crippen molar-refractivity contribution in [3.8, 4) is 0 Å². The maximum absolute atomic E-state index is 9.95. The van der Waals surface area contributed by atoms with E-state index in [1.807, 2.05) is 5.48 Å². The minimum atomic E-state index is -3.29. The summed E-state index contributed by atoms with van der Waals surface area (Å²) in [6.07, 6.45) is 0.962. The summed E-state index contributed by atoms with van der Waals surface area (Å²) in [4.78, 5) is 0. The van der Waals surface area contributed by atoms with Crippen LogP contribution >= 0.6 is 0 Å². The second-order valence-electron chi connectivity index (χ2n) is 0.992. The van der Waals surface area contributed by atoms with Crippen LogP contribution in [0.1, 0.15) is 0 Å². The summed E-state index contributed by atoms with van der Waals surface area (Å²) in [7, 11) is -1.91. The molecule has 0 aromatic carbocycles. The zero-order valence-corrected chi connectivity index (χ0v) is 4.95. The minimum absolute atomic E-state index is 0.962. The maximum atomic E-state index is 9.95. The van der Waals surface area contributed by atoms with Crippen molar-refractivity contribution >= 4 is 10.1 Å². The maximum Gasteiger partial charge on any atom is 0.280 e. The van der Waals surface area contributed by atoms with E-state index in [0.29, 0.717) is 0 Å². The number of rotatable bonds is 2. The first kappa shape index (κ1) is 6.87. The molecular formula is C2H7NO3S. The molecule has 0 saturated heterocycles. The van der Waals surface area contributed by atoms with Gasteiger partial charge in [-0.1, -0.05) is 0 Å². The Labute approximate surface area is 42.6 Å². The summed E-state index contributed by atoms with van der Waals surface area (Å²) in [5.74, 6) is 0. The van der Waals surface area contributed by atoms with Gasteiger partial charge in [0.15, 0.2) is 0 Å². The third-order valence-corrected chi connectivity index (χ3v) is 0.704. The lowest BCUT2D eigenvalue weighted by Gasteiger charge is -1.91. The number of hydrogen-bond donors (Lipinski definition) is 1. The Morgan fingerprint density at radius 3 is 2.00 bits per heavy atom. The van der Waals surface area contributed by atoms with Crippen LogP contribution in [0.4, 0.5) is 0 Å².